The molecule has 0 unspecified atom stereocenters. The van der Waals surface area contributed by atoms with Crippen LogP contribution in [0.25, 0.3) is 0 Å². The van der Waals surface area contributed by atoms with Crippen molar-refractivity contribution in [1.82, 2.24) is 0 Å². The first-order valence-electron chi connectivity index (χ1n) is 6.54. The molecule has 2 amide bonds. The van der Waals surface area contributed by atoms with Crippen LogP contribution in [0.4, 0.5) is 5.69 Å². The molecule has 106 valence electrons. The Morgan fingerprint density at radius 3 is 2.25 bits per heavy atom. The molecule has 0 aliphatic carbocycles. The first-order chi connectivity index (χ1) is 9.58. The zero-order chi connectivity index (χ0) is 14.7. The zero-order valence-electron chi connectivity index (χ0n) is 11.8. The summed E-state index contributed by atoms with van der Waals surface area (Å²) >= 11 is 0. The van der Waals surface area contributed by atoms with E-state index in [2.05, 4.69) is 0 Å². The summed E-state index contributed by atoms with van der Waals surface area (Å²) in [4.78, 5) is 24.9. The van der Waals surface area contributed by atoms with Gasteiger partial charge in [0.05, 0.1) is 18.9 Å². The normalized spacial score (nSPS) is 14.6. The first kappa shape index (κ1) is 14.1. The van der Waals surface area contributed by atoms with Gasteiger partial charge in [-0.1, -0.05) is 0 Å². The first-order valence-corrected chi connectivity index (χ1v) is 6.54. The number of nitrogens with zero attached hydrogens (tertiary/aromatic N) is 1. The summed E-state index contributed by atoms with van der Waals surface area (Å²) in [7, 11) is 0. The third-order valence-corrected chi connectivity index (χ3v) is 2.89. The van der Waals surface area contributed by atoms with E-state index in [9.17, 15) is 9.59 Å². The average Bonchev–Trinajstić information content (AvgIpc) is 2.66. The Hall–Kier alpha value is -2.30. The van der Waals surface area contributed by atoms with Gasteiger partial charge in [-0.25, -0.2) is 4.90 Å². The van der Waals surface area contributed by atoms with Crippen LogP contribution >= 0.6 is 0 Å². The smallest absolute Gasteiger partial charge is 0.261 e. The highest BCUT2D eigenvalue weighted by molar-refractivity contribution is 6.30. The van der Waals surface area contributed by atoms with Gasteiger partial charge in [0.15, 0.2) is 11.5 Å². The highest BCUT2D eigenvalue weighted by Gasteiger charge is 2.30. The summed E-state index contributed by atoms with van der Waals surface area (Å²) in [6, 6.07) is 5.03. The van der Waals surface area contributed by atoms with Crippen LogP contribution in [0, 0.1) is 0 Å². The summed E-state index contributed by atoms with van der Waals surface area (Å²) in [6.07, 6.45) is 1.33. The summed E-state index contributed by atoms with van der Waals surface area (Å²) in [5.74, 6) is 0.486. The van der Waals surface area contributed by atoms with Crippen LogP contribution in [0.2, 0.25) is 0 Å². The van der Waals surface area contributed by atoms with Crippen molar-refractivity contribution in [3.63, 3.8) is 0 Å². The summed E-state index contributed by atoms with van der Waals surface area (Å²) in [5.41, 5.74) is 0.918. The number of imide groups is 1. The molecule has 0 bridgehead atoms. The van der Waals surface area contributed by atoms with Gasteiger partial charge in [0, 0.05) is 17.7 Å². The second-order valence-electron chi connectivity index (χ2n) is 4.30. The van der Waals surface area contributed by atoms with Crippen molar-refractivity contribution in [1.29, 1.82) is 0 Å². The molecule has 1 aromatic carbocycles. The highest BCUT2D eigenvalue weighted by atomic mass is 16.5. The Morgan fingerprint density at radius 1 is 1.05 bits per heavy atom. The van der Waals surface area contributed by atoms with Crippen molar-refractivity contribution >= 4 is 17.5 Å². The van der Waals surface area contributed by atoms with E-state index in [1.54, 1.807) is 25.1 Å². The van der Waals surface area contributed by atoms with Crippen molar-refractivity contribution in [3.05, 3.63) is 29.8 Å². The van der Waals surface area contributed by atoms with E-state index in [0.29, 0.717) is 36.0 Å². The van der Waals surface area contributed by atoms with Crippen LogP contribution in [-0.4, -0.2) is 25.0 Å². The van der Waals surface area contributed by atoms with Crippen molar-refractivity contribution in [2.75, 3.05) is 18.1 Å². The fourth-order valence-corrected chi connectivity index (χ4v) is 2.01. The Labute approximate surface area is 117 Å². The Bertz CT molecular complexity index is 577. The van der Waals surface area contributed by atoms with Gasteiger partial charge >= 0.3 is 0 Å². The van der Waals surface area contributed by atoms with Crippen LogP contribution in [0.15, 0.2) is 29.8 Å². The van der Waals surface area contributed by atoms with Crippen LogP contribution in [0.5, 0.6) is 11.5 Å². The third-order valence-electron chi connectivity index (χ3n) is 2.89. The molecule has 0 fully saturated rings. The number of amides is 2. The molecule has 5 heteroatoms. The predicted octanol–water partition coefficient (Wildman–Crippen LogP) is 2.30. The third kappa shape index (κ3) is 2.52. The molecule has 1 aromatic rings. The van der Waals surface area contributed by atoms with Gasteiger partial charge in [0.25, 0.3) is 11.8 Å². The molecule has 0 spiro atoms. The number of anilines is 1. The van der Waals surface area contributed by atoms with Crippen LogP contribution in [-0.2, 0) is 9.59 Å². The quantitative estimate of drug-likeness (QED) is 0.774. The van der Waals surface area contributed by atoms with E-state index in [-0.39, 0.29) is 11.8 Å². The average molecular weight is 275 g/mol. The second-order valence-corrected chi connectivity index (χ2v) is 4.30. The molecular formula is C15H17NO4. The van der Waals surface area contributed by atoms with Gasteiger partial charge < -0.3 is 9.47 Å². The maximum absolute atomic E-state index is 12.0. The highest BCUT2D eigenvalue weighted by Crippen LogP contribution is 2.33. The van der Waals surface area contributed by atoms with E-state index < -0.39 is 0 Å². The minimum atomic E-state index is -0.334. The molecule has 5 nitrogen and oxygen atoms in total. The molecule has 1 aliphatic rings. The van der Waals surface area contributed by atoms with Gasteiger partial charge in [0.2, 0.25) is 0 Å². The number of hydrogen-bond acceptors (Lipinski definition) is 4. The molecular weight excluding hydrogens is 258 g/mol. The van der Waals surface area contributed by atoms with Crippen LogP contribution in [0.1, 0.15) is 20.8 Å². The van der Waals surface area contributed by atoms with E-state index in [1.807, 2.05) is 13.8 Å². The molecule has 20 heavy (non-hydrogen) atoms. The fourth-order valence-electron chi connectivity index (χ4n) is 2.01. The fraction of sp³-hybridized carbons (Fsp3) is 0.333. The minimum Gasteiger partial charge on any atom is -0.490 e. The lowest BCUT2D eigenvalue weighted by atomic mass is 10.2. The monoisotopic (exact) mass is 275 g/mol. The maximum Gasteiger partial charge on any atom is 0.261 e. The number of carbonyl (C=O) groups excluding carboxylic acids is 2. The SMILES string of the molecule is CCOc1ccc(N2C(=O)C=C(C)C2=O)cc1OCC. The molecule has 0 aromatic heterocycles. The van der Waals surface area contributed by atoms with Gasteiger partial charge in [-0.05, 0) is 32.9 Å². The summed E-state index contributed by atoms with van der Waals surface area (Å²) in [5, 5.41) is 0. The molecule has 0 saturated carbocycles. The number of benzene rings is 1. The molecule has 0 radical (unpaired) electrons. The van der Waals surface area contributed by atoms with Crippen molar-refractivity contribution in [2.45, 2.75) is 20.8 Å². The molecule has 2 rings (SSSR count). The Morgan fingerprint density at radius 2 is 1.70 bits per heavy atom. The van der Waals surface area contributed by atoms with Gasteiger partial charge in [-0.3, -0.25) is 9.59 Å². The van der Waals surface area contributed by atoms with Gasteiger partial charge in [-0.2, -0.15) is 0 Å². The number of carbonyl (C=O) groups is 2. The van der Waals surface area contributed by atoms with E-state index in [0.717, 1.165) is 4.90 Å². The predicted molar refractivity (Wildman–Crippen MR) is 75.0 cm³/mol. The lowest BCUT2D eigenvalue weighted by Crippen LogP contribution is -2.30. The Balaban J connectivity index is 2.36. The standard InChI is InChI=1S/C15H17NO4/c1-4-19-12-7-6-11(9-13(12)20-5-2)16-14(17)8-10(3)15(16)18/h6-9H,4-5H2,1-3H3. The topological polar surface area (TPSA) is 55.8 Å². The lowest BCUT2D eigenvalue weighted by Gasteiger charge is -2.17. The molecule has 0 N–H and O–H groups in total. The van der Waals surface area contributed by atoms with Crippen molar-refractivity contribution in [3.8, 4) is 11.5 Å². The van der Waals surface area contributed by atoms with Crippen molar-refractivity contribution < 1.29 is 19.1 Å². The zero-order valence-corrected chi connectivity index (χ0v) is 11.8. The molecule has 1 heterocycles. The largest absolute Gasteiger partial charge is 0.490 e. The lowest BCUT2D eigenvalue weighted by molar-refractivity contribution is -0.120. The Kier molecular flexibility index (Phi) is 4.08. The van der Waals surface area contributed by atoms with Crippen LogP contribution < -0.4 is 14.4 Å². The van der Waals surface area contributed by atoms with E-state index in [4.69, 9.17) is 9.47 Å². The number of ether oxygens (including phenoxy) is 2. The molecule has 0 atom stereocenters. The number of rotatable bonds is 5. The minimum absolute atomic E-state index is 0.304. The van der Waals surface area contributed by atoms with Gasteiger partial charge in [-0.15, -0.1) is 0 Å². The summed E-state index contributed by atoms with van der Waals surface area (Å²) in [6.45, 7) is 6.35. The summed E-state index contributed by atoms with van der Waals surface area (Å²) < 4.78 is 11.0. The van der Waals surface area contributed by atoms with Crippen LogP contribution in [0.3, 0.4) is 0 Å². The number of hydrogen-bond donors (Lipinski definition) is 0. The van der Waals surface area contributed by atoms with E-state index >= 15 is 0 Å². The van der Waals surface area contributed by atoms with Gasteiger partial charge in [0.1, 0.15) is 0 Å². The maximum atomic E-state index is 12.0. The molecule has 1 aliphatic heterocycles. The molecule has 0 saturated heterocycles. The second kappa shape index (κ2) is 5.77. The van der Waals surface area contributed by atoms with Crippen molar-refractivity contribution in [2.24, 2.45) is 0 Å². The van der Waals surface area contributed by atoms with E-state index in [1.165, 1.54) is 6.08 Å².